The van der Waals surface area contributed by atoms with E-state index in [1.165, 1.54) is 60.1 Å². The molecule has 8 bridgehead atoms. The zero-order valence-electron chi connectivity index (χ0n) is 43.5. The Bertz CT molecular complexity index is 2050. The summed E-state index contributed by atoms with van der Waals surface area (Å²) in [4.78, 5) is 24.5. The smallest absolute Gasteiger partial charge is 0.243 e. The molecule has 2 amide bonds. The van der Waals surface area contributed by atoms with Crippen molar-refractivity contribution in [3.05, 3.63) is 141 Å². The number of amides is 2. The Kier molecular flexibility index (Phi) is 24.0. The molecule has 0 fully saturated rings. The van der Waals surface area contributed by atoms with E-state index in [2.05, 4.69) is 100 Å². The van der Waals surface area contributed by atoms with E-state index < -0.39 is 0 Å². The molecule has 4 aromatic carbocycles. The summed E-state index contributed by atoms with van der Waals surface area (Å²) < 4.78 is 13.6. The monoisotopic (exact) mass is 955 g/mol. The number of nitrogens with one attached hydrogen (secondary N) is 2. The van der Waals surface area contributed by atoms with Crippen molar-refractivity contribution in [2.75, 3.05) is 26.3 Å². The fourth-order valence-corrected chi connectivity index (χ4v) is 9.97. The van der Waals surface area contributed by atoms with Crippen molar-refractivity contribution in [1.82, 2.24) is 10.6 Å². The predicted molar refractivity (Wildman–Crippen MR) is 289 cm³/mol. The second-order valence-corrected chi connectivity index (χ2v) is 19.6. The fourth-order valence-electron chi connectivity index (χ4n) is 9.97. The van der Waals surface area contributed by atoms with E-state index in [1.807, 2.05) is 0 Å². The molecule has 0 radical (unpaired) electrons. The van der Waals surface area contributed by atoms with Crippen molar-refractivity contribution in [2.24, 2.45) is 0 Å². The first-order chi connectivity index (χ1) is 34.1. The molecule has 1 aliphatic carbocycles. The van der Waals surface area contributed by atoms with Gasteiger partial charge in [-0.2, -0.15) is 0 Å². The van der Waals surface area contributed by atoms with Crippen molar-refractivity contribution >= 4 is 11.8 Å². The Hall–Kier alpha value is -5.50. The molecule has 8 nitrogen and oxygen atoms in total. The fraction of sp³-hybridized carbons (Fsp3) is 0.516. The molecule has 0 spiro atoms. The Morgan fingerprint density at radius 2 is 0.700 bits per heavy atom. The van der Waals surface area contributed by atoms with E-state index in [0.717, 1.165) is 159 Å². The Balaban J connectivity index is 1.79. The first-order valence-electron chi connectivity index (χ1n) is 27.1. The number of unbranched alkanes of at least 4 members (excludes halogenated alkanes) is 12. The molecule has 8 heteroatoms. The number of rotatable bonds is 30. The summed E-state index contributed by atoms with van der Waals surface area (Å²) >= 11 is 0. The summed E-state index contributed by atoms with van der Waals surface area (Å²) in [5.74, 6) is 1.51. The van der Waals surface area contributed by atoms with E-state index in [0.29, 0.717) is 38.8 Å². The van der Waals surface area contributed by atoms with Crippen LogP contribution in [0.1, 0.15) is 197 Å². The minimum Gasteiger partial charge on any atom is -0.507 e. The van der Waals surface area contributed by atoms with Crippen LogP contribution in [0, 0.1) is 0 Å². The molecule has 0 atom stereocenters. The molecule has 380 valence electrons. The largest absolute Gasteiger partial charge is 0.507 e. The van der Waals surface area contributed by atoms with Gasteiger partial charge in [-0.25, -0.2) is 0 Å². The van der Waals surface area contributed by atoms with Crippen LogP contribution in [-0.2, 0) is 61.0 Å². The first-order valence-corrected chi connectivity index (χ1v) is 27.1. The summed E-state index contributed by atoms with van der Waals surface area (Å²) in [7, 11) is 0. The van der Waals surface area contributed by atoms with Crippen LogP contribution in [-0.4, -0.2) is 48.3 Å². The highest BCUT2D eigenvalue weighted by Crippen LogP contribution is 2.41. The number of aryl methyl sites for hydroxylation is 4. The molecule has 4 N–H and O–H groups in total. The van der Waals surface area contributed by atoms with Gasteiger partial charge in [-0.1, -0.05) is 166 Å². The number of phenols is 2. The highest BCUT2D eigenvalue weighted by atomic mass is 16.5. The van der Waals surface area contributed by atoms with E-state index in [-0.39, 0.29) is 36.5 Å². The van der Waals surface area contributed by atoms with Crippen LogP contribution >= 0.6 is 0 Å². The van der Waals surface area contributed by atoms with Crippen LogP contribution in [0.2, 0.25) is 0 Å². The van der Waals surface area contributed by atoms with Gasteiger partial charge in [-0.15, -0.1) is 0 Å². The zero-order valence-corrected chi connectivity index (χ0v) is 43.5. The van der Waals surface area contributed by atoms with Crippen molar-refractivity contribution in [1.29, 1.82) is 0 Å². The average molecular weight is 955 g/mol. The number of carbonyl (C=O) groups excluding carboxylic acids is 2. The second-order valence-electron chi connectivity index (χ2n) is 19.6. The number of hydrogen-bond acceptors (Lipinski definition) is 6. The van der Waals surface area contributed by atoms with Crippen LogP contribution in [0.15, 0.2) is 73.8 Å². The van der Waals surface area contributed by atoms with Crippen molar-refractivity contribution in [3.8, 4) is 23.0 Å². The van der Waals surface area contributed by atoms with Gasteiger partial charge in [-0.05, 0) is 130 Å². The molecular formula is C62H86N2O6. The van der Waals surface area contributed by atoms with E-state index in [9.17, 15) is 19.8 Å². The molecule has 0 unspecified atom stereocenters. The van der Waals surface area contributed by atoms with Crippen molar-refractivity contribution in [3.63, 3.8) is 0 Å². The Labute approximate surface area is 421 Å². The number of phenolic OH excluding ortho intramolecular Hbond substituents is 2. The van der Waals surface area contributed by atoms with Gasteiger partial charge in [0.2, 0.25) is 11.8 Å². The number of aromatic hydroxyl groups is 2. The van der Waals surface area contributed by atoms with Crippen LogP contribution in [0.25, 0.3) is 0 Å². The number of ether oxygens (including phenoxy) is 2. The summed E-state index contributed by atoms with van der Waals surface area (Å²) in [6, 6.07) is 17.9. The third-order valence-corrected chi connectivity index (χ3v) is 13.7. The average Bonchev–Trinajstić information content (AvgIpc) is 3.35. The number of hydrogen-bond donors (Lipinski definition) is 4. The first kappa shape index (κ1) is 55.4. The lowest BCUT2D eigenvalue weighted by Crippen LogP contribution is -2.26. The molecule has 1 aliphatic rings. The van der Waals surface area contributed by atoms with Gasteiger partial charge in [0, 0.05) is 25.7 Å². The van der Waals surface area contributed by atoms with Crippen molar-refractivity contribution < 1.29 is 29.3 Å². The summed E-state index contributed by atoms with van der Waals surface area (Å²) in [6.45, 7) is 17.3. The van der Waals surface area contributed by atoms with E-state index in [4.69, 9.17) is 9.47 Å². The second kappa shape index (κ2) is 30.3. The highest BCUT2D eigenvalue weighted by Gasteiger charge is 2.24. The van der Waals surface area contributed by atoms with Gasteiger partial charge in [0.25, 0.3) is 0 Å². The topological polar surface area (TPSA) is 117 Å². The standard InChI is InChI=1S/C62H86N2O6/c1-7-13-17-21-25-45-33-49-41-53-37-47(27-23-19-15-9-3)39-55(61(53)69-31-29-63-57(65)11-5)43-51-35-46(26-22-18-14-8-2)36-52(60(51)68)44-56-40-48(28-24-20-16-10-4)38-54(42-50(34-45)59(49)67)62(56)70-32-30-64-58(66)12-6/h11-12,33-40,67-68H,5-10,13-32,41-44H2,1-4H3,(H,63,65)(H,64,66). The highest BCUT2D eigenvalue weighted by molar-refractivity contribution is 5.87. The molecule has 70 heavy (non-hydrogen) atoms. The van der Waals surface area contributed by atoms with Crippen LogP contribution in [0.5, 0.6) is 23.0 Å². The summed E-state index contributed by atoms with van der Waals surface area (Å²) in [5.41, 5.74) is 12.1. The van der Waals surface area contributed by atoms with Gasteiger partial charge in [0.05, 0.1) is 13.1 Å². The number of carbonyl (C=O) groups is 2. The van der Waals surface area contributed by atoms with Crippen LogP contribution in [0.4, 0.5) is 0 Å². The van der Waals surface area contributed by atoms with Crippen LogP contribution in [0.3, 0.4) is 0 Å². The van der Waals surface area contributed by atoms with Gasteiger partial charge < -0.3 is 30.3 Å². The van der Waals surface area contributed by atoms with E-state index in [1.54, 1.807) is 0 Å². The SMILES string of the molecule is C=CC(=O)NCCOc1c2cc(CCCCCC)cc1Cc1cc(CCCCCC)cc(c1O)Cc1cc(CCCCCC)cc(c1OCCNC(=O)C=C)Cc1cc(CCCCCC)cc(c1O)C2. The summed E-state index contributed by atoms with van der Waals surface area (Å²) in [6.07, 6.45) is 26.1. The molecule has 0 aromatic heterocycles. The summed E-state index contributed by atoms with van der Waals surface area (Å²) in [5, 5.41) is 31.0. The number of fused-ring (bicyclic) bond motifs is 8. The van der Waals surface area contributed by atoms with Gasteiger partial charge >= 0.3 is 0 Å². The Morgan fingerprint density at radius 3 is 0.943 bits per heavy atom. The third kappa shape index (κ3) is 17.4. The molecule has 0 aliphatic heterocycles. The molecule has 0 heterocycles. The van der Waals surface area contributed by atoms with Crippen LogP contribution < -0.4 is 20.1 Å². The maximum absolute atomic E-state index is 12.6. The minimum absolute atomic E-state index is 0.244. The molecule has 4 aromatic rings. The van der Waals surface area contributed by atoms with E-state index >= 15 is 0 Å². The zero-order chi connectivity index (χ0) is 50.1. The lowest BCUT2D eigenvalue weighted by molar-refractivity contribution is -0.117. The van der Waals surface area contributed by atoms with Gasteiger partial charge in [-0.3, -0.25) is 9.59 Å². The van der Waals surface area contributed by atoms with Gasteiger partial charge in [0.1, 0.15) is 36.2 Å². The lowest BCUT2D eigenvalue weighted by Gasteiger charge is -2.23. The molecule has 5 rings (SSSR count). The molecule has 0 saturated heterocycles. The maximum Gasteiger partial charge on any atom is 0.243 e. The Morgan fingerprint density at radius 1 is 0.443 bits per heavy atom. The molecular weight excluding hydrogens is 869 g/mol. The lowest BCUT2D eigenvalue weighted by atomic mass is 9.87. The van der Waals surface area contributed by atoms with Gasteiger partial charge in [0.15, 0.2) is 0 Å². The molecule has 0 saturated carbocycles. The number of benzene rings is 4. The maximum atomic E-state index is 12.6. The quantitative estimate of drug-likeness (QED) is 0.0269. The minimum atomic E-state index is -0.254. The third-order valence-electron chi connectivity index (χ3n) is 13.7. The normalized spacial score (nSPS) is 12.1. The van der Waals surface area contributed by atoms with Crippen molar-refractivity contribution in [2.45, 2.75) is 182 Å². The predicted octanol–water partition coefficient (Wildman–Crippen LogP) is 13.6.